The summed E-state index contributed by atoms with van der Waals surface area (Å²) in [7, 11) is 0. The van der Waals surface area contributed by atoms with Crippen LogP contribution in [-0.4, -0.2) is 53.4 Å². The Bertz CT molecular complexity index is 1190. The zero-order valence-corrected chi connectivity index (χ0v) is 20.8. The minimum Gasteiger partial charge on any atom is -0.462 e. The number of hydrogen-bond donors (Lipinski definition) is 3. The van der Waals surface area contributed by atoms with Crippen LogP contribution in [0, 0.1) is 5.82 Å². The highest BCUT2D eigenvalue weighted by atomic mass is 19.1. The van der Waals surface area contributed by atoms with Gasteiger partial charge in [-0.1, -0.05) is 48.5 Å². The number of halogens is 1. The van der Waals surface area contributed by atoms with Crippen LogP contribution in [0.15, 0.2) is 72.8 Å². The van der Waals surface area contributed by atoms with E-state index < -0.39 is 30.7 Å². The fraction of sp³-hybridized carbons (Fsp3) is 0.345. The third-order valence-electron chi connectivity index (χ3n) is 6.30. The summed E-state index contributed by atoms with van der Waals surface area (Å²) < 4.78 is 31.7. The van der Waals surface area contributed by atoms with Gasteiger partial charge in [-0.05, 0) is 59.9 Å². The molecule has 0 aromatic heterocycles. The molecule has 0 saturated carbocycles. The second-order valence-corrected chi connectivity index (χ2v) is 9.13. The van der Waals surface area contributed by atoms with Crippen LogP contribution in [0.4, 0.5) is 4.39 Å². The molecule has 3 aromatic rings. The van der Waals surface area contributed by atoms with E-state index in [0.717, 1.165) is 16.7 Å². The highest BCUT2D eigenvalue weighted by Gasteiger charge is 2.44. The van der Waals surface area contributed by atoms with Gasteiger partial charge in [0.1, 0.15) is 29.9 Å². The Labute approximate surface area is 215 Å². The van der Waals surface area contributed by atoms with Gasteiger partial charge in [0.05, 0.1) is 12.7 Å². The standard InChI is InChI=1S/C29H32FNO6/c1-18-28(35-17-20-7-4-3-5-8-20)26(33)27(34)29(36-18)37-24-12-11-21(13-14-31-19(2)32)25(16-24)22-9-6-10-23(30)15-22/h3-12,15-16,18,26-29,33-34H,13-14,17H2,1-2H3,(H,31,32)/t18-,26-,27+,28-,29-/m0/s1. The largest absolute Gasteiger partial charge is 0.462 e. The Kier molecular flexibility index (Phi) is 8.89. The first-order chi connectivity index (χ1) is 17.8. The number of benzene rings is 3. The first-order valence-electron chi connectivity index (χ1n) is 12.3. The molecule has 0 bridgehead atoms. The number of aliphatic hydroxyl groups is 2. The van der Waals surface area contributed by atoms with Gasteiger partial charge in [-0.2, -0.15) is 0 Å². The van der Waals surface area contributed by atoms with E-state index in [1.165, 1.54) is 19.1 Å². The van der Waals surface area contributed by atoms with Gasteiger partial charge >= 0.3 is 0 Å². The molecule has 196 valence electrons. The predicted octanol–water partition coefficient (Wildman–Crippen LogP) is 3.60. The van der Waals surface area contributed by atoms with Crippen molar-refractivity contribution in [2.75, 3.05) is 6.54 Å². The molecule has 1 saturated heterocycles. The van der Waals surface area contributed by atoms with Crippen molar-refractivity contribution in [3.8, 4) is 16.9 Å². The molecule has 1 aliphatic heterocycles. The third-order valence-corrected chi connectivity index (χ3v) is 6.30. The van der Waals surface area contributed by atoms with Crippen molar-refractivity contribution < 1.29 is 33.6 Å². The van der Waals surface area contributed by atoms with E-state index in [4.69, 9.17) is 14.2 Å². The van der Waals surface area contributed by atoms with Gasteiger partial charge in [0.25, 0.3) is 0 Å². The molecular weight excluding hydrogens is 477 g/mol. The van der Waals surface area contributed by atoms with E-state index in [1.807, 2.05) is 36.4 Å². The van der Waals surface area contributed by atoms with Crippen molar-refractivity contribution in [3.63, 3.8) is 0 Å². The van der Waals surface area contributed by atoms with Crippen molar-refractivity contribution in [2.24, 2.45) is 0 Å². The van der Waals surface area contributed by atoms with Gasteiger partial charge in [-0.25, -0.2) is 4.39 Å². The molecule has 3 aromatic carbocycles. The summed E-state index contributed by atoms with van der Waals surface area (Å²) in [5.41, 5.74) is 3.21. The monoisotopic (exact) mass is 509 g/mol. The van der Waals surface area contributed by atoms with Crippen LogP contribution in [-0.2, 0) is 27.3 Å². The number of hydrogen-bond acceptors (Lipinski definition) is 6. The smallest absolute Gasteiger partial charge is 0.229 e. The first kappa shape index (κ1) is 26.8. The lowest BCUT2D eigenvalue weighted by Crippen LogP contribution is -2.59. The maximum Gasteiger partial charge on any atom is 0.229 e. The molecule has 0 aliphatic carbocycles. The lowest BCUT2D eigenvalue weighted by molar-refractivity contribution is -0.278. The minimum absolute atomic E-state index is 0.130. The molecule has 1 fully saturated rings. The fourth-order valence-electron chi connectivity index (χ4n) is 4.38. The molecule has 0 radical (unpaired) electrons. The van der Waals surface area contributed by atoms with E-state index in [0.29, 0.717) is 24.3 Å². The Morgan fingerprint density at radius 3 is 2.54 bits per heavy atom. The molecule has 0 unspecified atom stereocenters. The molecule has 37 heavy (non-hydrogen) atoms. The highest BCUT2D eigenvalue weighted by Crippen LogP contribution is 2.32. The van der Waals surface area contributed by atoms with Crippen molar-refractivity contribution in [1.29, 1.82) is 0 Å². The van der Waals surface area contributed by atoms with E-state index in [2.05, 4.69) is 5.32 Å². The molecule has 8 heteroatoms. The van der Waals surface area contributed by atoms with Crippen molar-refractivity contribution >= 4 is 5.91 Å². The molecule has 1 heterocycles. The topological polar surface area (TPSA) is 97.3 Å². The summed E-state index contributed by atoms with van der Waals surface area (Å²) in [6.07, 6.45) is -4.47. The van der Waals surface area contributed by atoms with Crippen LogP contribution < -0.4 is 10.1 Å². The number of rotatable bonds is 9. The van der Waals surface area contributed by atoms with E-state index in [-0.39, 0.29) is 18.3 Å². The number of carbonyl (C=O) groups excluding carboxylic acids is 1. The van der Waals surface area contributed by atoms with Crippen molar-refractivity contribution in [1.82, 2.24) is 5.32 Å². The zero-order valence-electron chi connectivity index (χ0n) is 20.8. The van der Waals surface area contributed by atoms with Crippen LogP contribution in [0.25, 0.3) is 11.1 Å². The number of carbonyl (C=O) groups is 1. The lowest BCUT2D eigenvalue weighted by Gasteiger charge is -2.41. The Morgan fingerprint density at radius 1 is 1.03 bits per heavy atom. The highest BCUT2D eigenvalue weighted by molar-refractivity contribution is 5.73. The summed E-state index contributed by atoms with van der Waals surface area (Å²) in [6, 6.07) is 21.0. The third kappa shape index (κ3) is 6.93. The minimum atomic E-state index is -1.35. The number of amides is 1. The summed E-state index contributed by atoms with van der Waals surface area (Å²) in [5.74, 6) is -0.120. The first-order valence-corrected chi connectivity index (χ1v) is 12.3. The van der Waals surface area contributed by atoms with Gasteiger partial charge in [0.2, 0.25) is 12.2 Å². The van der Waals surface area contributed by atoms with Gasteiger partial charge in [-0.15, -0.1) is 0 Å². The van der Waals surface area contributed by atoms with Crippen molar-refractivity contribution in [3.05, 3.63) is 89.7 Å². The normalized spacial score (nSPS) is 23.4. The molecule has 4 rings (SSSR count). The van der Waals surface area contributed by atoms with Crippen LogP contribution in [0.2, 0.25) is 0 Å². The summed E-state index contributed by atoms with van der Waals surface area (Å²) in [4.78, 5) is 11.3. The average molecular weight is 510 g/mol. The molecular formula is C29H32FNO6. The second kappa shape index (κ2) is 12.3. The lowest BCUT2D eigenvalue weighted by atomic mass is 9.97. The maximum absolute atomic E-state index is 14.0. The molecule has 5 atom stereocenters. The summed E-state index contributed by atoms with van der Waals surface area (Å²) in [6.45, 7) is 3.90. The maximum atomic E-state index is 14.0. The molecule has 3 N–H and O–H groups in total. The Morgan fingerprint density at radius 2 is 1.81 bits per heavy atom. The Hall–Kier alpha value is -3.30. The van der Waals surface area contributed by atoms with Crippen LogP contribution in [0.3, 0.4) is 0 Å². The molecule has 1 amide bonds. The molecule has 7 nitrogen and oxygen atoms in total. The molecule has 0 spiro atoms. The van der Waals surface area contributed by atoms with E-state index in [9.17, 15) is 19.4 Å². The van der Waals surface area contributed by atoms with Crippen LogP contribution >= 0.6 is 0 Å². The summed E-state index contributed by atoms with van der Waals surface area (Å²) in [5, 5.41) is 24.3. The predicted molar refractivity (Wildman–Crippen MR) is 136 cm³/mol. The van der Waals surface area contributed by atoms with Gasteiger partial charge in [0, 0.05) is 13.5 Å². The van der Waals surface area contributed by atoms with Crippen LogP contribution in [0.5, 0.6) is 5.75 Å². The van der Waals surface area contributed by atoms with Gasteiger partial charge < -0.3 is 29.7 Å². The Balaban J connectivity index is 1.49. The van der Waals surface area contributed by atoms with Crippen molar-refractivity contribution in [2.45, 2.75) is 57.6 Å². The number of ether oxygens (including phenoxy) is 3. The average Bonchev–Trinajstić information content (AvgIpc) is 2.88. The number of aliphatic hydroxyl groups excluding tert-OH is 2. The molecule has 1 aliphatic rings. The quantitative estimate of drug-likeness (QED) is 0.408. The number of nitrogens with one attached hydrogen (secondary N) is 1. The SMILES string of the molecule is CC(=O)NCCc1ccc(O[C@@H]2O[C@@H](C)[C@H](OCc3ccccc3)[C@@H](O)[C@H]2O)cc1-c1cccc(F)c1. The van der Waals surface area contributed by atoms with Gasteiger partial charge in [-0.3, -0.25) is 4.79 Å². The summed E-state index contributed by atoms with van der Waals surface area (Å²) >= 11 is 0. The van der Waals surface area contributed by atoms with Gasteiger partial charge in [0.15, 0.2) is 0 Å². The zero-order chi connectivity index (χ0) is 26.4. The second-order valence-electron chi connectivity index (χ2n) is 9.13. The van der Waals surface area contributed by atoms with Crippen LogP contribution in [0.1, 0.15) is 25.0 Å². The fourth-order valence-corrected chi connectivity index (χ4v) is 4.38. The van der Waals surface area contributed by atoms with E-state index >= 15 is 0 Å². The van der Waals surface area contributed by atoms with E-state index in [1.54, 1.807) is 31.2 Å².